The Balaban J connectivity index is 1.62. The van der Waals surface area contributed by atoms with Gasteiger partial charge in [0.1, 0.15) is 5.75 Å². The van der Waals surface area contributed by atoms with Gasteiger partial charge in [-0.15, -0.1) is 0 Å². The summed E-state index contributed by atoms with van der Waals surface area (Å²) < 4.78 is 5.72. The second kappa shape index (κ2) is 9.16. The highest BCUT2D eigenvalue weighted by Crippen LogP contribution is 2.29. The Hall–Kier alpha value is -2.17. The zero-order chi connectivity index (χ0) is 19.2. The average molecular weight is 405 g/mol. The van der Waals surface area contributed by atoms with Crippen LogP contribution >= 0.6 is 23.2 Å². The van der Waals surface area contributed by atoms with Gasteiger partial charge in [-0.1, -0.05) is 41.4 Å². The summed E-state index contributed by atoms with van der Waals surface area (Å²) in [6.07, 6.45) is 3.22. The summed E-state index contributed by atoms with van der Waals surface area (Å²) in [5.41, 5.74) is 1.74. The van der Waals surface area contributed by atoms with Crippen molar-refractivity contribution in [3.05, 3.63) is 64.1 Å². The van der Waals surface area contributed by atoms with E-state index in [1.807, 2.05) is 30.0 Å². The second-order valence-corrected chi connectivity index (χ2v) is 7.00. The topological polar surface area (TPSA) is 32.8 Å². The summed E-state index contributed by atoms with van der Waals surface area (Å²) >= 11 is 12.3. The minimum atomic E-state index is -0.0382. The minimum absolute atomic E-state index is 0.0382. The highest BCUT2D eigenvalue weighted by molar-refractivity contribution is 6.37. The van der Waals surface area contributed by atoms with Gasteiger partial charge in [-0.2, -0.15) is 0 Å². The third-order valence-electron chi connectivity index (χ3n) is 4.49. The van der Waals surface area contributed by atoms with Crippen molar-refractivity contribution in [2.75, 3.05) is 37.7 Å². The lowest BCUT2D eigenvalue weighted by molar-refractivity contribution is -0.126. The molecule has 3 rings (SSSR count). The molecular formula is C21H22Cl2N2O2. The maximum atomic E-state index is 12.5. The molecule has 0 unspecified atom stereocenters. The number of hydrogen-bond acceptors (Lipinski definition) is 3. The number of piperazine rings is 1. The van der Waals surface area contributed by atoms with Gasteiger partial charge in [-0.25, -0.2) is 0 Å². The van der Waals surface area contributed by atoms with E-state index in [4.69, 9.17) is 27.9 Å². The Labute approximate surface area is 169 Å². The number of rotatable bonds is 5. The van der Waals surface area contributed by atoms with Crippen molar-refractivity contribution in [2.45, 2.75) is 6.92 Å². The Kier molecular flexibility index (Phi) is 6.64. The fraction of sp³-hybridized carbons (Fsp3) is 0.286. The van der Waals surface area contributed by atoms with Gasteiger partial charge in [0.2, 0.25) is 5.91 Å². The van der Waals surface area contributed by atoms with Crippen LogP contribution in [-0.2, 0) is 4.79 Å². The monoisotopic (exact) mass is 404 g/mol. The molecular weight excluding hydrogens is 383 g/mol. The fourth-order valence-corrected chi connectivity index (χ4v) is 3.62. The lowest BCUT2D eigenvalue weighted by atomic mass is 10.2. The second-order valence-electron chi connectivity index (χ2n) is 6.18. The number of carbonyl (C=O) groups is 1. The molecule has 0 spiro atoms. The van der Waals surface area contributed by atoms with Crippen LogP contribution in [0.5, 0.6) is 5.75 Å². The molecule has 6 heteroatoms. The molecule has 0 radical (unpaired) electrons. The lowest BCUT2D eigenvalue weighted by Gasteiger charge is -2.36. The van der Waals surface area contributed by atoms with Crippen LogP contribution in [0.15, 0.2) is 48.5 Å². The molecule has 1 amide bonds. The SMILES string of the molecule is CCOc1ccccc1N1CCN(C(=O)C=Cc2c(Cl)cccc2Cl)CC1. The predicted octanol–water partition coefficient (Wildman–Crippen LogP) is 4.75. The first-order valence-corrected chi connectivity index (χ1v) is 9.73. The molecule has 0 aromatic heterocycles. The van der Waals surface area contributed by atoms with Gasteiger partial charge in [0.15, 0.2) is 0 Å². The van der Waals surface area contributed by atoms with E-state index >= 15 is 0 Å². The molecule has 1 heterocycles. The van der Waals surface area contributed by atoms with Crippen molar-refractivity contribution in [1.82, 2.24) is 4.90 Å². The zero-order valence-electron chi connectivity index (χ0n) is 15.2. The molecule has 0 saturated carbocycles. The van der Waals surface area contributed by atoms with Gasteiger partial charge in [-0.3, -0.25) is 4.79 Å². The van der Waals surface area contributed by atoms with E-state index in [1.54, 1.807) is 24.3 Å². The highest BCUT2D eigenvalue weighted by Gasteiger charge is 2.21. The summed E-state index contributed by atoms with van der Waals surface area (Å²) in [5, 5.41) is 1.06. The van der Waals surface area contributed by atoms with Crippen LogP contribution in [0.25, 0.3) is 6.08 Å². The number of amides is 1. The zero-order valence-corrected chi connectivity index (χ0v) is 16.7. The number of ether oxygens (including phenoxy) is 1. The predicted molar refractivity (Wildman–Crippen MR) is 112 cm³/mol. The fourth-order valence-electron chi connectivity index (χ4n) is 3.09. The average Bonchev–Trinajstić information content (AvgIpc) is 2.68. The molecule has 4 nitrogen and oxygen atoms in total. The summed E-state index contributed by atoms with van der Waals surface area (Å²) in [5.74, 6) is 0.844. The third kappa shape index (κ3) is 4.76. The molecule has 0 bridgehead atoms. The van der Waals surface area contributed by atoms with E-state index in [0.717, 1.165) is 24.5 Å². The molecule has 0 aliphatic carbocycles. The Bertz CT molecular complexity index is 810. The minimum Gasteiger partial charge on any atom is -0.492 e. The van der Waals surface area contributed by atoms with E-state index in [0.29, 0.717) is 35.3 Å². The first kappa shape index (κ1) is 19.6. The van der Waals surface area contributed by atoms with Crippen LogP contribution in [0.1, 0.15) is 12.5 Å². The quantitative estimate of drug-likeness (QED) is 0.673. The van der Waals surface area contributed by atoms with E-state index < -0.39 is 0 Å². The Morgan fingerprint density at radius 3 is 2.37 bits per heavy atom. The number of carbonyl (C=O) groups excluding carboxylic acids is 1. The van der Waals surface area contributed by atoms with E-state index in [2.05, 4.69) is 11.0 Å². The standard InChI is InChI=1S/C21H22Cl2N2O2/c1-2-27-20-9-4-3-8-19(20)24-12-14-25(15-13-24)21(26)11-10-16-17(22)6-5-7-18(16)23/h3-11H,2,12-15H2,1H3. The molecule has 142 valence electrons. The lowest BCUT2D eigenvalue weighted by Crippen LogP contribution is -2.48. The number of halogens is 2. The van der Waals surface area contributed by atoms with E-state index in [1.165, 1.54) is 6.08 Å². The maximum absolute atomic E-state index is 12.5. The van der Waals surface area contributed by atoms with Gasteiger partial charge in [0.05, 0.1) is 12.3 Å². The van der Waals surface area contributed by atoms with Crippen LogP contribution in [0.2, 0.25) is 10.0 Å². The summed E-state index contributed by atoms with van der Waals surface area (Å²) in [7, 11) is 0. The summed E-state index contributed by atoms with van der Waals surface area (Å²) in [4.78, 5) is 16.6. The van der Waals surface area contributed by atoms with Gasteiger partial charge in [-0.05, 0) is 37.3 Å². The van der Waals surface area contributed by atoms with E-state index in [9.17, 15) is 4.79 Å². The molecule has 1 fully saturated rings. The smallest absolute Gasteiger partial charge is 0.246 e. The number of benzene rings is 2. The molecule has 0 N–H and O–H groups in total. The van der Waals surface area contributed by atoms with Crippen LogP contribution in [0, 0.1) is 0 Å². The highest BCUT2D eigenvalue weighted by atomic mass is 35.5. The van der Waals surface area contributed by atoms with E-state index in [-0.39, 0.29) is 5.91 Å². The van der Waals surface area contributed by atoms with Crippen LogP contribution in [0.3, 0.4) is 0 Å². The largest absolute Gasteiger partial charge is 0.492 e. The summed E-state index contributed by atoms with van der Waals surface area (Å²) in [6, 6.07) is 13.3. The van der Waals surface area contributed by atoms with Crippen molar-refractivity contribution >= 4 is 40.9 Å². The molecule has 27 heavy (non-hydrogen) atoms. The van der Waals surface area contributed by atoms with Gasteiger partial charge in [0.25, 0.3) is 0 Å². The van der Waals surface area contributed by atoms with Crippen LogP contribution < -0.4 is 9.64 Å². The van der Waals surface area contributed by atoms with Crippen LogP contribution in [-0.4, -0.2) is 43.6 Å². The van der Waals surface area contributed by atoms with Crippen molar-refractivity contribution in [1.29, 1.82) is 0 Å². The molecule has 2 aromatic carbocycles. The number of para-hydroxylation sites is 2. The first-order valence-electron chi connectivity index (χ1n) is 8.98. The molecule has 1 aliphatic rings. The number of anilines is 1. The maximum Gasteiger partial charge on any atom is 0.246 e. The number of nitrogens with zero attached hydrogens (tertiary/aromatic N) is 2. The Morgan fingerprint density at radius 1 is 1.04 bits per heavy atom. The Morgan fingerprint density at radius 2 is 1.70 bits per heavy atom. The van der Waals surface area contributed by atoms with Crippen molar-refractivity contribution in [3.8, 4) is 5.75 Å². The van der Waals surface area contributed by atoms with Gasteiger partial charge in [0, 0.05) is 47.9 Å². The normalized spacial score (nSPS) is 14.6. The number of hydrogen-bond donors (Lipinski definition) is 0. The van der Waals surface area contributed by atoms with Gasteiger partial charge >= 0.3 is 0 Å². The van der Waals surface area contributed by atoms with Gasteiger partial charge < -0.3 is 14.5 Å². The molecule has 2 aromatic rings. The molecule has 1 aliphatic heterocycles. The van der Waals surface area contributed by atoms with Crippen LogP contribution in [0.4, 0.5) is 5.69 Å². The first-order chi connectivity index (χ1) is 13.1. The van der Waals surface area contributed by atoms with Crippen molar-refractivity contribution in [3.63, 3.8) is 0 Å². The van der Waals surface area contributed by atoms with Crippen molar-refractivity contribution in [2.24, 2.45) is 0 Å². The third-order valence-corrected chi connectivity index (χ3v) is 5.15. The molecule has 0 atom stereocenters. The van der Waals surface area contributed by atoms with Crippen molar-refractivity contribution < 1.29 is 9.53 Å². The summed E-state index contributed by atoms with van der Waals surface area (Å²) in [6.45, 7) is 5.43. The molecule has 1 saturated heterocycles.